The third-order valence-electron chi connectivity index (χ3n) is 20.0. The van der Waals surface area contributed by atoms with E-state index in [2.05, 4.69) is 113 Å². The topological polar surface area (TPSA) is 1060 Å². The van der Waals surface area contributed by atoms with Gasteiger partial charge >= 0.3 is 0 Å². The fourth-order valence-electron chi connectivity index (χ4n) is 14.2. The first-order chi connectivity index (χ1) is 63.1. The number of rotatable bonds is 23. The number of nitrogens with zero attached hydrogens (tertiary/aromatic N) is 1. The number of benzene rings is 1. The molecule has 9 saturated heterocycles. The zero-order valence-corrected chi connectivity index (χ0v) is 79.8. The van der Waals surface area contributed by atoms with Gasteiger partial charge in [-0.1, -0.05) is 62.0 Å². The smallest absolute Gasteiger partial charge is 0.272 e. The number of hydrogen-bond acceptors (Lipinski definition) is 70. The van der Waals surface area contributed by atoms with Crippen LogP contribution in [0.25, 0.3) is 0 Å². The van der Waals surface area contributed by atoms with Gasteiger partial charge in [0.25, 0.3) is 28.0 Å². The molecule has 67 nitrogen and oxygen atoms in total. The lowest BCUT2D eigenvalue weighted by molar-refractivity contribution is -0.812. The van der Waals surface area contributed by atoms with Crippen molar-refractivity contribution >= 4 is 127 Å². The van der Waals surface area contributed by atoms with Crippen molar-refractivity contribution in [2.75, 3.05) is 25.6 Å². The summed E-state index contributed by atoms with van der Waals surface area (Å²) in [7, 11) is -30.9. The maximum atomic E-state index is 11.1. The molecule has 135 heavy (non-hydrogen) atoms. The molecule has 0 spiro atoms. The Kier molecular flexibility index (Phi) is 57.5. The predicted molar refractivity (Wildman–Crippen MR) is 400 cm³/mol. The Morgan fingerprint density at radius 1 is 0.452 bits per heavy atom. The van der Waals surface area contributed by atoms with Crippen LogP contribution in [0.1, 0.15) is 38.8 Å². The highest BCUT2D eigenvalue weighted by Crippen LogP contribution is 2.50. The number of phosphoric acid groups is 2. The van der Waals surface area contributed by atoms with Gasteiger partial charge in [-0.2, -0.15) is 4.21 Å². The van der Waals surface area contributed by atoms with Crippen LogP contribution in [-0.4, -0.2) is 387 Å². The van der Waals surface area contributed by atoms with E-state index >= 15 is 0 Å². The molecule has 0 aromatic heterocycles. The third kappa shape index (κ3) is 37.2. The van der Waals surface area contributed by atoms with Crippen LogP contribution < -0.4 is 45.1 Å². The fraction of sp³-hybridized carbons (Fsp3) is 0.891. The first kappa shape index (κ1) is 128. The summed E-state index contributed by atoms with van der Waals surface area (Å²) in [6, 6.07) is 8.32. The number of hydrogen-bond donors (Lipinski definition) is 17. The summed E-state index contributed by atoms with van der Waals surface area (Å²) in [6.45, 7) is 9.33. The maximum absolute atomic E-state index is 11.1. The summed E-state index contributed by atoms with van der Waals surface area (Å²) in [5, 5.41) is 194. The minimum absolute atomic E-state index is 0.0152. The van der Waals surface area contributed by atoms with Crippen molar-refractivity contribution in [3.8, 4) is 0 Å². The zero-order chi connectivity index (χ0) is 103. The van der Waals surface area contributed by atoms with Crippen molar-refractivity contribution in [1.29, 1.82) is 0 Å². The van der Waals surface area contributed by atoms with E-state index in [-0.39, 0.29) is 62.6 Å². The summed E-state index contributed by atoms with van der Waals surface area (Å²) in [5.74, 6) is 0.194. The highest BCUT2D eigenvalue weighted by Gasteiger charge is 2.64. The monoisotopic (exact) mass is 2230 g/mol. The van der Waals surface area contributed by atoms with E-state index in [0.29, 0.717) is 13.2 Å². The van der Waals surface area contributed by atoms with Gasteiger partial charge in [0.15, 0.2) is 27.1 Å². The summed E-state index contributed by atoms with van der Waals surface area (Å²) >= 11 is 4.69. The van der Waals surface area contributed by atoms with Gasteiger partial charge in [-0.3, -0.25) is 31.3 Å². The minimum atomic E-state index is -6.42. The molecule has 12 bridgehead atoms. The second-order valence-electron chi connectivity index (χ2n) is 27.7. The molecule has 1 aromatic carbocycles. The Hall–Kier alpha value is -0.790. The molecule has 0 radical (unpaired) electrons. The number of aliphatic hydroxyl groups is 15. The van der Waals surface area contributed by atoms with Crippen molar-refractivity contribution < 1.29 is 314 Å². The molecule has 11 unspecified atom stereocenters. The normalized spacial score (nSPS) is 39.3. The van der Waals surface area contributed by atoms with Crippen molar-refractivity contribution in [3.63, 3.8) is 0 Å². The number of fused-ring (bicyclic) bond motifs is 1. The highest BCUT2D eigenvalue weighted by molar-refractivity contribution is 7.94. The van der Waals surface area contributed by atoms with Crippen molar-refractivity contribution in [2.24, 2.45) is 11.8 Å². The number of phosphoric ester groups is 2. The molecule has 792 valence electrons. The Bertz CT molecular complexity index is 3820. The van der Waals surface area contributed by atoms with Gasteiger partial charge in [0.05, 0.1) is 76.3 Å². The molecule has 16 aliphatic rings. The first-order valence-corrected chi connectivity index (χ1v) is 50.2. The largest absolute Gasteiger partial charge is 0.790 e. The van der Waals surface area contributed by atoms with E-state index in [0.717, 1.165) is 37.2 Å². The molecule has 10 heterocycles. The van der Waals surface area contributed by atoms with Crippen LogP contribution in [0, 0.1) is 11.8 Å². The molecule has 0 amide bonds. The second kappa shape index (κ2) is 60.5. The van der Waals surface area contributed by atoms with Crippen molar-refractivity contribution in [3.05, 3.63) is 35.4 Å². The van der Waals surface area contributed by atoms with E-state index < -0.39 is 257 Å². The van der Waals surface area contributed by atoms with Gasteiger partial charge in [0.2, 0.25) is 31.2 Å². The summed E-state index contributed by atoms with van der Waals surface area (Å²) in [4.78, 5) is 69.8. The lowest BCUT2D eigenvalue weighted by Crippen LogP contribution is -2.75. The number of aliphatic hydroxyl groups excluding tert-OH is 15. The average Bonchev–Trinajstić information content (AvgIpc) is 0.980. The minimum Gasteiger partial charge on any atom is -0.790 e. The van der Waals surface area contributed by atoms with Crippen molar-refractivity contribution in [2.45, 2.75) is 267 Å². The summed E-state index contributed by atoms with van der Waals surface area (Å²) in [6.07, 6.45) is -45.2. The van der Waals surface area contributed by atoms with E-state index in [4.69, 9.17) is 120 Å². The van der Waals surface area contributed by atoms with Crippen LogP contribution >= 0.6 is 83.6 Å². The van der Waals surface area contributed by atoms with Crippen LogP contribution in [0.4, 0.5) is 0 Å². The van der Waals surface area contributed by atoms with Crippen LogP contribution in [0.5, 0.6) is 0 Å². The highest BCUT2D eigenvalue weighted by atomic mass is 32.3. The fourth-order valence-corrected chi connectivity index (χ4v) is 19.4. The Morgan fingerprint density at radius 3 is 1.05 bits per heavy atom. The van der Waals surface area contributed by atoms with Gasteiger partial charge in [0.1, 0.15) is 171 Å². The molecular formula is C55H88NO66P7S6-12. The average molecular weight is 2230 g/mol. The summed E-state index contributed by atoms with van der Waals surface area (Å²) in [5.41, 5.74) is 2.35. The van der Waals surface area contributed by atoms with Crippen LogP contribution in [0.2, 0.25) is 0 Å². The van der Waals surface area contributed by atoms with E-state index in [1.54, 1.807) is 12.5 Å². The SMILES string of the molecule is CC1C2OC3OC(C2O)C(O)[C@@H]1O3.CCN(CC)P1OCc2ccccc2CO1.CSOOO.CSOOO.C[C@H]1C2OC3O[C@H](C2P=O)C(OP)[C@@H]1O3.O=P([O-])([O-])O[C@@H]1[C@@H](O)[C@H](O[O-])[C@@H](O)[C@@H](O)[C@H]1O.O=P([O-])([O-])O[C@@H]1[C@@H](OS(=O)(=O)[O-])[C@H](O[O-])[C@@H](OO[O-])[C@@H](OS(=O)(=O)[O-])[C@H]1OS(=O)(=O)[O-].O=P[O-].O=P[O-].O=S.OC1C(O)C(O)C(O)C(O)C1O.OC1C2OC3OC1C(O)C(O3)C2O. The molecule has 15 fully saturated rings. The van der Waals surface area contributed by atoms with Gasteiger partial charge in [-0.05, 0) is 11.1 Å². The quantitative estimate of drug-likeness (QED) is 0.0121. The van der Waals surface area contributed by atoms with Crippen LogP contribution in [0.15, 0.2) is 24.3 Å². The summed E-state index contributed by atoms with van der Waals surface area (Å²) < 4.78 is 248. The zero-order valence-electron chi connectivity index (χ0n) is 68.4. The van der Waals surface area contributed by atoms with Crippen LogP contribution in [0.3, 0.4) is 0 Å². The van der Waals surface area contributed by atoms with Gasteiger partial charge < -0.3 is 220 Å². The molecule has 17 rings (SSSR count). The molecule has 6 aliphatic carbocycles. The Labute approximate surface area is 782 Å². The maximum Gasteiger partial charge on any atom is 0.272 e. The van der Waals surface area contributed by atoms with Crippen LogP contribution in [-0.2, 0) is 196 Å². The third-order valence-corrected chi connectivity index (χ3v) is 25.7. The molecule has 27 atom stereocenters. The Balaban J connectivity index is 0.000000401. The predicted octanol–water partition coefficient (Wildman–Crippen LogP) is -16.8. The van der Waals surface area contributed by atoms with E-state index in [1.165, 1.54) is 11.1 Å². The molecule has 80 heteroatoms. The molecule has 6 saturated carbocycles. The standard InChI is InChI=1S/C12H18NO2P.C8H12O5P2.C8H12O5.C7H10O6.C6H13O21PS3.C6H13O10P.C6H12O6.2CH4O3S.2HO2P.OS/c1-3-13(4-2)16-14-9-11-7-5-6-8-12(11)10-15-16;1-2-3-5(13-14)6-7(15-9)4(2)11-8(10-3)12-6;1-2-5-3(9)7-4(10)6(2)12-8(11-5)13-7;8-1-4-2(9)6-3(10)5(1)12-7(11-4)13-6;7-21-1-2(22-27-8)5(25-30(15,16)17)6(26-31(18,19)20)3(23-28(9,10)11)4(1)24-29(12,13)14;7-1-2(8)5(15-11)4(10)6(3(1)9)16-17(12,13)14;7-1-2(8)4(10)6(12)5(11)3(1)9;2*1-5-4-3-2;2*1-3-2;1-2/h5-8H,3-4,9-10H2,1-2H3;2-8H,14H2,1H3;2-10H,1H3;1-10H;1-8H,(H2,9,10,11)(H,12,13,14)(H,15,16,17)(H,18,19,20);1-11H,(H2,12,13,14);1-12H;2*2H,1H3;2*(H,1,2);/p-12/t;2-,3-,4?,5?,6+,7?,8?;2?,3?,4?,5-,6?,7?,8?;;1-,2-,3-,4+,5-,6+;1-,2+,3-,4+,5-,6+;;;;;;/m.11.11....../s1. The molecule has 17 N–H and O–H groups in total. The molecular weight excluding hydrogens is 2140 g/mol. The van der Waals surface area contributed by atoms with E-state index in [9.17, 15) is 134 Å². The van der Waals surface area contributed by atoms with E-state index in [1.807, 2.05) is 26.0 Å². The Morgan fingerprint density at radius 2 is 0.748 bits per heavy atom. The lowest BCUT2D eigenvalue weighted by atomic mass is 9.78. The second-order valence-corrected chi connectivity index (χ2v) is 36.8. The van der Waals surface area contributed by atoms with Gasteiger partial charge in [-0.25, -0.2) is 45.3 Å². The number of ether oxygens (including phenoxy) is 9. The molecule has 10 aliphatic heterocycles. The van der Waals surface area contributed by atoms with Gasteiger partial charge in [0, 0.05) is 71.0 Å². The van der Waals surface area contributed by atoms with Crippen molar-refractivity contribution in [1.82, 2.24) is 4.67 Å². The first-order valence-electron chi connectivity index (χ1n) is 36.7. The lowest BCUT2D eigenvalue weighted by Gasteiger charge is -2.57. The van der Waals surface area contributed by atoms with Gasteiger partial charge in [-0.15, -0.1) is 8.67 Å². The molecule has 1 aromatic rings.